The zero-order chi connectivity index (χ0) is 23.0. The summed E-state index contributed by atoms with van der Waals surface area (Å²) >= 11 is 0. The molecule has 0 aliphatic rings. The topological polar surface area (TPSA) is 72.8 Å². The van der Waals surface area contributed by atoms with Crippen LogP contribution in [0.4, 0.5) is 0 Å². The molecule has 0 spiro atoms. The van der Waals surface area contributed by atoms with Crippen molar-refractivity contribution in [2.75, 3.05) is 0 Å². The predicted octanol–water partition coefficient (Wildman–Crippen LogP) is 7.58. The third kappa shape index (κ3) is 23.4. The zero-order valence-corrected chi connectivity index (χ0v) is 20.5. The Kier molecular flexibility index (Phi) is 22.7. The molecule has 5 nitrogen and oxygen atoms in total. The minimum Gasteiger partial charge on any atom is -0.393 e. The summed E-state index contributed by atoms with van der Waals surface area (Å²) in [4.78, 5) is 32.3. The summed E-state index contributed by atoms with van der Waals surface area (Å²) in [7, 11) is 0. The van der Waals surface area contributed by atoms with Gasteiger partial charge >= 0.3 is 11.9 Å². The van der Waals surface area contributed by atoms with Gasteiger partial charge < -0.3 is 5.11 Å². The molecule has 0 aromatic heterocycles. The van der Waals surface area contributed by atoms with Gasteiger partial charge in [0.25, 0.3) is 0 Å². The summed E-state index contributed by atoms with van der Waals surface area (Å²) < 4.78 is 0. The van der Waals surface area contributed by atoms with Gasteiger partial charge in [0.1, 0.15) is 0 Å². The molecule has 0 aliphatic carbocycles. The molecule has 31 heavy (non-hydrogen) atoms. The van der Waals surface area contributed by atoms with E-state index in [9.17, 15) is 14.7 Å². The lowest BCUT2D eigenvalue weighted by molar-refractivity contribution is -0.259. The lowest BCUT2D eigenvalue weighted by atomic mass is 10.0. The van der Waals surface area contributed by atoms with Crippen LogP contribution in [0, 0.1) is 0 Å². The van der Waals surface area contributed by atoms with Gasteiger partial charge in [-0.3, -0.25) is 0 Å². The van der Waals surface area contributed by atoms with E-state index in [4.69, 9.17) is 0 Å². The van der Waals surface area contributed by atoms with Gasteiger partial charge in [0.05, 0.1) is 18.9 Å². The molecule has 0 amide bonds. The van der Waals surface area contributed by atoms with Crippen LogP contribution in [0.5, 0.6) is 0 Å². The summed E-state index contributed by atoms with van der Waals surface area (Å²) in [6.07, 6.45) is 21.5. The van der Waals surface area contributed by atoms with Gasteiger partial charge in [0, 0.05) is 0 Å². The van der Waals surface area contributed by atoms with E-state index in [1.165, 1.54) is 57.8 Å². The molecule has 0 saturated carbocycles. The van der Waals surface area contributed by atoms with Crippen molar-refractivity contribution in [2.45, 2.75) is 155 Å². The fraction of sp³-hybridized carbons (Fsp3) is 0.923. The average Bonchev–Trinajstić information content (AvgIpc) is 2.76. The summed E-state index contributed by atoms with van der Waals surface area (Å²) in [6, 6.07) is 0. The van der Waals surface area contributed by atoms with Crippen LogP contribution in [0.25, 0.3) is 0 Å². The fourth-order valence-electron chi connectivity index (χ4n) is 3.71. The minimum absolute atomic E-state index is 0.110. The van der Waals surface area contributed by atoms with Gasteiger partial charge in [-0.25, -0.2) is 19.4 Å². The molecule has 0 bridgehead atoms. The first-order valence-corrected chi connectivity index (χ1v) is 13.2. The van der Waals surface area contributed by atoms with Crippen molar-refractivity contribution in [3.63, 3.8) is 0 Å². The molecule has 0 heterocycles. The molecular formula is C26H50O5. The summed E-state index contributed by atoms with van der Waals surface area (Å²) in [6.45, 7) is 4.36. The number of carbonyl (C=O) groups excluding carboxylic acids is 2. The number of hydrogen-bond donors (Lipinski definition) is 1. The van der Waals surface area contributed by atoms with Crippen LogP contribution in [0.2, 0.25) is 0 Å². The van der Waals surface area contributed by atoms with Crippen LogP contribution in [-0.2, 0) is 19.4 Å². The van der Waals surface area contributed by atoms with E-state index >= 15 is 0 Å². The molecular weight excluding hydrogens is 392 g/mol. The number of aliphatic hydroxyl groups excluding tert-OH is 1. The molecule has 0 rings (SSSR count). The normalized spacial score (nSPS) is 12.0. The molecule has 5 heteroatoms. The summed E-state index contributed by atoms with van der Waals surface area (Å²) in [5.74, 6) is -0.901. The molecule has 0 aliphatic heterocycles. The number of carbonyl (C=O) groups is 2. The summed E-state index contributed by atoms with van der Waals surface area (Å²) in [5.41, 5.74) is 0. The first kappa shape index (κ1) is 29.9. The third-order valence-corrected chi connectivity index (χ3v) is 5.77. The quantitative estimate of drug-likeness (QED) is 0.106. The maximum absolute atomic E-state index is 11.6. The van der Waals surface area contributed by atoms with E-state index in [0.29, 0.717) is 12.8 Å². The Bertz CT molecular complexity index is 411. The van der Waals surface area contributed by atoms with E-state index in [-0.39, 0.29) is 6.10 Å². The Morgan fingerprint density at radius 2 is 0.871 bits per heavy atom. The molecule has 0 saturated heterocycles. The van der Waals surface area contributed by atoms with E-state index in [0.717, 1.165) is 64.2 Å². The molecule has 1 unspecified atom stereocenters. The van der Waals surface area contributed by atoms with Crippen molar-refractivity contribution in [3.05, 3.63) is 0 Å². The van der Waals surface area contributed by atoms with Crippen LogP contribution in [0.1, 0.15) is 149 Å². The standard InChI is InChI=1S/C26H50O5/c1-3-5-7-13-18-22-25(28)30-31-26(29)23-19-15-12-10-9-11-14-17-21-24(27)20-16-8-6-4-2/h24,27H,3-23H2,1-2H3. The summed E-state index contributed by atoms with van der Waals surface area (Å²) in [5, 5.41) is 9.96. The number of unbranched alkanes of at least 4 members (excludes halogenated alkanes) is 14. The van der Waals surface area contributed by atoms with Crippen LogP contribution in [0.15, 0.2) is 0 Å². The number of hydrogen-bond acceptors (Lipinski definition) is 5. The zero-order valence-electron chi connectivity index (χ0n) is 20.5. The van der Waals surface area contributed by atoms with E-state index in [1.807, 2.05) is 0 Å². The smallest absolute Gasteiger partial charge is 0.355 e. The predicted molar refractivity (Wildman–Crippen MR) is 126 cm³/mol. The highest BCUT2D eigenvalue weighted by molar-refractivity contribution is 5.72. The monoisotopic (exact) mass is 442 g/mol. The van der Waals surface area contributed by atoms with Crippen LogP contribution in [-0.4, -0.2) is 23.1 Å². The highest BCUT2D eigenvalue weighted by Gasteiger charge is 2.09. The second kappa shape index (κ2) is 23.6. The van der Waals surface area contributed by atoms with E-state index in [1.54, 1.807) is 0 Å². The molecule has 0 aromatic rings. The second-order valence-electron chi connectivity index (χ2n) is 8.95. The van der Waals surface area contributed by atoms with Gasteiger partial charge in [-0.15, -0.1) is 0 Å². The first-order valence-electron chi connectivity index (χ1n) is 13.2. The Balaban J connectivity index is 3.34. The maximum atomic E-state index is 11.6. The van der Waals surface area contributed by atoms with Crippen molar-refractivity contribution < 1.29 is 24.5 Å². The van der Waals surface area contributed by atoms with E-state index < -0.39 is 11.9 Å². The number of rotatable bonds is 22. The van der Waals surface area contributed by atoms with E-state index in [2.05, 4.69) is 23.6 Å². The van der Waals surface area contributed by atoms with Crippen LogP contribution >= 0.6 is 0 Å². The Labute approximate surface area is 191 Å². The molecule has 0 fully saturated rings. The van der Waals surface area contributed by atoms with Crippen LogP contribution < -0.4 is 0 Å². The van der Waals surface area contributed by atoms with Gasteiger partial charge in [-0.2, -0.15) is 0 Å². The third-order valence-electron chi connectivity index (χ3n) is 5.77. The van der Waals surface area contributed by atoms with Crippen molar-refractivity contribution in [3.8, 4) is 0 Å². The van der Waals surface area contributed by atoms with Crippen molar-refractivity contribution >= 4 is 11.9 Å². The highest BCUT2D eigenvalue weighted by Crippen LogP contribution is 2.14. The number of aliphatic hydroxyl groups is 1. The molecule has 184 valence electrons. The fourth-order valence-corrected chi connectivity index (χ4v) is 3.71. The largest absolute Gasteiger partial charge is 0.393 e. The SMILES string of the molecule is CCCCCCCC(=O)OOC(=O)CCCCCCCCCCC(O)CCCCCC. The molecule has 0 radical (unpaired) electrons. The maximum Gasteiger partial charge on any atom is 0.355 e. The minimum atomic E-state index is -0.451. The van der Waals surface area contributed by atoms with Crippen molar-refractivity contribution in [2.24, 2.45) is 0 Å². The highest BCUT2D eigenvalue weighted by atomic mass is 17.2. The molecule has 1 N–H and O–H groups in total. The Hall–Kier alpha value is -1.10. The lowest BCUT2D eigenvalue weighted by Gasteiger charge is -2.10. The van der Waals surface area contributed by atoms with Crippen molar-refractivity contribution in [1.82, 2.24) is 0 Å². The van der Waals surface area contributed by atoms with Gasteiger partial charge in [-0.1, -0.05) is 110 Å². The molecule has 0 aromatic carbocycles. The Morgan fingerprint density at radius 3 is 1.29 bits per heavy atom. The Morgan fingerprint density at radius 1 is 0.548 bits per heavy atom. The molecule has 1 atom stereocenters. The van der Waals surface area contributed by atoms with Gasteiger partial charge in [0.15, 0.2) is 0 Å². The van der Waals surface area contributed by atoms with Crippen LogP contribution in [0.3, 0.4) is 0 Å². The average molecular weight is 443 g/mol. The first-order chi connectivity index (χ1) is 15.1. The van der Waals surface area contributed by atoms with Crippen molar-refractivity contribution in [1.29, 1.82) is 0 Å². The second-order valence-corrected chi connectivity index (χ2v) is 8.95. The van der Waals surface area contributed by atoms with Gasteiger partial charge in [0.2, 0.25) is 0 Å². The van der Waals surface area contributed by atoms with Gasteiger partial charge in [-0.05, 0) is 25.7 Å². The lowest BCUT2D eigenvalue weighted by Crippen LogP contribution is -2.11.